The number of allylic oxidation sites excluding steroid dienone is 1. The van der Waals surface area contributed by atoms with Crippen molar-refractivity contribution in [3.05, 3.63) is 11.6 Å². The summed E-state index contributed by atoms with van der Waals surface area (Å²) < 4.78 is 37.4. The van der Waals surface area contributed by atoms with E-state index >= 15 is 0 Å². The summed E-state index contributed by atoms with van der Waals surface area (Å²) in [6.07, 6.45) is 4.35. The maximum absolute atomic E-state index is 13.0. The van der Waals surface area contributed by atoms with Gasteiger partial charge in [0.05, 0.1) is 25.4 Å². The first-order valence-corrected chi connectivity index (χ1v) is 13.2. The number of epoxide rings is 1. The van der Waals surface area contributed by atoms with Gasteiger partial charge in [0.1, 0.15) is 17.1 Å². The Kier molecular flexibility index (Phi) is 5.47. The van der Waals surface area contributed by atoms with Crippen molar-refractivity contribution in [1.82, 2.24) is 0 Å². The van der Waals surface area contributed by atoms with Crippen molar-refractivity contribution < 1.29 is 38.0 Å². The smallest absolute Gasteiger partial charge is 0.335 e. The van der Waals surface area contributed by atoms with Gasteiger partial charge in [0.15, 0.2) is 6.29 Å². The van der Waals surface area contributed by atoms with Crippen LogP contribution in [0.25, 0.3) is 0 Å². The number of rotatable bonds is 4. The first kappa shape index (κ1) is 23.9. The number of esters is 2. The molecular weight excluding hydrogens is 452 g/mol. The quantitative estimate of drug-likeness (QED) is 0.336. The minimum Gasteiger partial charge on any atom is -0.462 e. The second kappa shape index (κ2) is 8.01. The van der Waals surface area contributed by atoms with E-state index in [1.165, 1.54) is 6.92 Å². The molecule has 8 heteroatoms. The van der Waals surface area contributed by atoms with Gasteiger partial charge in [0.2, 0.25) is 6.29 Å². The highest BCUT2D eigenvalue weighted by atomic mass is 16.7. The standard InChI is InChI=1S/C27H38O8/c1-6-14(2)22(29)35-24-27-19(11-18(33-24)12-26(27)13-31-26)25(5,15(3)9-21(27)32-16(4)28)20-10-17-7-8-30-23(17)34-20/h6,15,17-21,23-24H,7-13H2,1-5H3. The van der Waals surface area contributed by atoms with Crippen LogP contribution in [0.5, 0.6) is 0 Å². The van der Waals surface area contributed by atoms with Gasteiger partial charge in [-0.3, -0.25) is 4.79 Å². The molecule has 2 aliphatic carbocycles. The monoisotopic (exact) mass is 490 g/mol. The molecule has 2 bridgehead atoms. The van der Waals surface area contributed by atoms with Crippen LogP contribution in [-0.2, 0) is 38.0 Å². The summed E-state index contributed by atoms with van der Waals surface area (Å²) in [5.74, 6) is -0.0749. The van der Waals surface area contributed by atoms with Crippen LogP contribution in [0.1, 0.15) is 66.7 Å². The van der Waals surface area contributed by atoms with Crippen molar-refractivity contribution in [2.75, 3.05) is 13.2 Å². The van der Waals surface area contributed by atoms with Crippen LogP contribution in [0.15, 0.2) is 11.6 Å². The third-order valence-corrected chi connectivity index (χ3v) is 10.5. The van der Waals surface area contributed by atoms with Crippen molar-refractivity contribution in [3.63, 3.8) is 0 Å². The number of carbonyl (C=O) groups excluding carboxylic acids is 2. The van der Waals surface area contributed by atoms with Gasteiger partial charge in [-0.05, 0) is 51.4 Å². The Morgan fingerprint density at radius 3 is 2.51 bits per heavy atom. The van der Waals surface area contributed by atoms with E-state index in [2.05, 4.69) is 13.8 Å². The fourth-order valence-electron chi connectivity index (χ4n) is 8.38. The van der Waals surface area contributed by atoms with Gasteiger partial charge in [0, 0.05) is 30.3 Å². The molecule has 5 heterocycles. The predicted molar refractivity (Wildman–Crippen MR) is 123 cm³/mol. The maximum atomic E-state index is 13.0. The Balaban J connectivity index is 1.45. The lowest BCUT2D eigenvalue weighted by atomic mass is 9.40. The Morgan fingerprint density at radius 2 is 1.86 bits per heavy atom. The van der Waals surface area contributed by atoms with Crippen LogP contribution < -0.4 is 0 Å². The topological polar surface area (TPSA) is 92.8 Å². The van der Waals surface area contributed by atoms with Crippen LogP contribution in [-0.4, -0.2) is 61.6 Å². The second-order valence-corrected chi connectivity index (χ2v) is 11.9. The Bertz CT molecular complexity index is 929. The molecule has 7 rings (SSSR count). The third kappa shape index (κ3) is 3.19. The third-order valence-electron chi connectivity index (χ3n) is 10.5. The summed E-state index contributed by atoms with van der Waals surface area (Å²) in [6, 6.07) is 0. The first-order valence-electron chi connectivity index (χ1n) is 13.2. The molecule has 0 radical (unpaired) electrons. The van der Waals surface area contributed by atoms with Crippen molar-refractivity contribution >= 4 is 11.9 Å². The maximum Gasteiger partial charge on any atom is 0.335 e. The zero-order valence-corrected chi connectivity index (χ0v) is 21.4. The van der Waals surface area contributed by atoms with E-state index < -0.39 is 29.4 Å². The van der Waals surface area contributed by atoms with E-state index in [9.17, 15) is 9.59 Å². The fourth-order valence-corrected chi connectivity index (χ4v) is 8.38. The number of carbonyl (C=O) groups is 2. The van der Waals surface area contributed by atoms with Gasteiger partial charge >= 0.3 is 11.9 Å². The fraction of sp³-hybridized carbons (Fsp3) is 0.852. The molecule has 0 aromatic carbocycles. The molecule has 0 amide bonds. The highest BCUT2D eigenvalue weighted by Crippen LogP contribution is 2.74. The lowest BCUT2D eigenvalue weighted by molar-refractivity contribution is -0.375. The molecule has 0 aromatic rings. The molecule has 11 unspecified atom stereocenters. The molecule has 5 saturated heterocycles. The summed E-state index contributed by atoms with van der Waals surface area (Å²) in [6.45, 7) is 10.9. The largest absolute Gasteiger partial charge is 0.462 e. The molecule has 2 saturated carbocycles. The molecule has 35 heavy (non-hydrogen) atoms. The number of ether oxygens (including phenoxy) is 6. The van der Waals surface area contributed by atoms with Gasteiger partial charge in [-0.25, -0.2) is 4.79 Å². The summed E-state index contributed by atoms with van der Waals surface area (Å²) in [5.41, 5.74) is -1.04. The van der Waals surface area contributed by atoms with Crippen molar-refractivity contribution in [2.45, 2.75) is 103 Å². The van der Waals surface area contributed by atoms with Crippen molar-refractivity contribution in [1.29, 1.82) is 0 Å². The molecular formula is C27H38O8. The SMILES string of the molecule is CC=C(C)C(=O)OC1OC2CC3C(C)(C4CC5CCOC5O4)C(C)CC(OC(C)=O)C13C1(CO1)C2. The van der Waals surface area contributed by atoms with Gasteiger partial charge < -0.3 is 28.4 Å². The molecule has 0 aromatic heterocycles. The van der Waals surface area contributed by atoms with E-state index in [-0.39, 0.29) is 41.7 Å². The summed E-state index contributed by atoms with van der Waals surface area (Å²) in [7, 11) is 0. The number of hydrogen-bond donors (Lipinski definition) is 0. The minimum atomic E-state index is -0.849. The lowest BCUT2D eigenvalue weighted by Crippen LogP contribution is -2.77. The van der Waals surface area contributed by atoms with E-state index in [1.807, 2.05) is 6.92 Å². The zero-order chi connectivity index (χ0) is 24.8. The Labute approximate surface area is 207 Å². The van der Waals surface area contributed by atoms with Crippen LogP contribution in [0.2, 0.25) is 0 Å². The number of fused-ring (bicyclic) bond motifs is 2. The van der Waals surface area contributed by atoms with Crippen molar-refractivity contribution in [3.8, 4) is 0 Å². The van der Waals surface area contributed by atoms with Crippen LogP contribution >= 0.6 is 0 Å². The molecule has 0 N–H and O–H groups in total. The number of hydrogen-bond acceptors (Lipinski definition) is 8. The normalized spacial score (nSPS) is 52.2. The average Bonchev–Trinajstić information content (AvgIpc) is 3.23. The molecule has 5 aliphatic heterocycles. The molecule has 7 fully saturated rings. The molecule has 194 valence electrons. The van der Waals surface area contributed by atoms with Gasteiger partial charge in [0.25, 0.3) is 0 Å². The van der Waals surface area contributed by atoms with Gasteiger partial charge in [-0.15, -0.1) is 0 Å². The lowest BCUT2D eigenvalue weighted by Gasteiger charge is -2.69. The average molecular weight is 491 g/mol. The Morgan fingerprint density at radius 1 is 1.09 bits per heavy atom. The minimum absolute atomic E-state index is 0.0109. The Hall–Kier alpha value is -1.48. The molecule has 2 spiro atoms. The predicted octanol–water partition coefficient (Wildman–Crippen LogP) is 3.52. The highest BCUT2D eigenvalue weighted by Gasteiger charge is 2.83. The van der Waals surface area contributed by atoms with Crippen molar-refractivity contribution in [2.24, 2.45) is 28.6 Å². The van der Waals surface area contributed by atoms with Crippen LogP contribution in [0.3, 0.4) is 0 Å². The summed E-state index contributed by atoms with van der Waals surface area (Å²) >= 11 is 0. The van der Waals surface area contributed by atoms with Crippen LogP contribution in [0, 0.1) is 28.6 Å². The molecule has 11 atom stereocenters. The summed E-state index contributed by atoms with van der Waals surface area (Å²) in [4.78, 5) is 25.4. The zero-order valence-electron chi connectivity index (χ0n) is 21.4. The molecule has 8 nitrogen and oxygen atoms in total. The van der Waals surface area contributed by atoms with Gasteiger partial charge in [-0.1, -0.05) is 19.9 Å². The van der Waals surface area contributed by atoms with Gasteiger partial charge in [-0.2, -0.15) is 0 Å². The molecule has 7 aliphatic rings. The van der Waals surface area contributed by atoms with E-state index in [0.29, 0.717) is 24.5 Å². The van der Waals surface area contributed by atoms with Crippen LogP contribution in [0.4, 0.5) is 0 Å². The highest BCUT2D eigenvalue weighted by molar-refractivity contribution is 5.87. The van der Waals surface area contributed by atoms with E-state index in [0.717, 1.165) is 32.3 Å². The first-order chi connectivity index (χ1) is 16.7. The summed E-state index contributed by atoms with van der Waals surface area (Å²) in [5, 5.41) is 0. The van der Waals surface area contributed by atoms with E-state index in [4.69, 9.17) is 28.4 Å². The second-order valence-electron chi connectivity index (χ2n) is 11.9. The van der Waals surface area contributed by atoms with E-state index in [1.54, 1.807) is 13.0 Å².